The number of hydrogen-bond donors (Lipinski definition) is 0. The zero-order valence-electron chi connectivity index (χ0n) is 12.8. The Labute approximate surface area is 140 Å². The molecule has 1 aliphatic rings. The van der Waals surface area contributed by atoms with E-state index >= 15 is 0 Å². The van der Waals surface area contributed by atoms with E-state index in [0.29, 0.717) is 6.54 Å². The topological polar surface area (TPSA) is 20.3 Å². The van der Waals surface area contributed by atoms with Gasteiger partial charge in [0.25, 0.3) is 0 Å². The van der Waals surface area contributed by atoms with Gasteiger partial charge < -0.3 is 4.90 Å². The van der Waals surface area contributed by atoms with Crippen LogP contribution < -0.4 is 0 Å². The van der Waals surface area contributed by atoms with Crippen LogP contribution in [0.2, 0.25) is 0 Å². The number of nitrogens with zero attached hydrogens (tertiary/aromatic N) is 1. The molecular formula is C19H20BrNO. The zero-order chi connectivity index (χ0) is 15.5. The molecule has 0 saturated carbocycles. The number of likely N-dealkylation sites (N-methyl/N-ethyl adjacent to an activating group) is 1. The molecule has 0 spiro atoms. The molecule has 22 heavy (non-hydrogen) atoms. The number of fused-ring (bicyclic) bond motifs is 1. The van der Waals surface area contributed by atoms with Crippen molar-refractivity contribution in [1.82, 2.24) is 4.90 Å². The molecule has 1 amide bonds. The Bertz CT molecular complexity index is 665. The van der Waals surface area contributed by atoms with Crippen molar-refractivity contribution in [2.75, 3.05) is 7.05 Å². The highest BCUT2D eigenvalue weighted by atomic mass is 79.9. The number of carbonyl (C=O) groups excluding carboxylic acids is 1. The second-order valence-electron chi connectivity index (χ2n) is 5.96. The van der Waals surface area contributed by atoms with Crippen LogP contribution in [-0.2, 0) is 17.8 Å². The molecule has 0 radical (unpaired) electrons. The highest BCUT2D eigenvalue weighted by molar-refractivity contribution is 9.10. The van der Waals surface area contributed by atoms with Crippen LogP contribution in [0.15, 0.2) is 53.0 Å². The normalized spacial score (nSPS) is 16.9. The van der Waals surface area contributed by atoms with E-state index in [0.717, 1.165) is 29.3 Å². The van der Waals surface area contributed by atoms with Crippen LogP contribution in [0, 0.1) is 0 Å². The Morgan fingerprint density at radius 1 is 1.18 bits per heavy atom. The first-order chi connectivity index (χ1) is 10.6. The SMILES string of the molecule is CN(Cc1ccc(Br)cc1)C(=O)C1CCCc2ccccc21. The summed E-state index contributed by atoms with van der Waals surface area (Å²) in [5.41, 5.74) is 3.72. The molecule has 2 aromatic rings. The predicted molar refractivity (Wildman–Crippen MR) is 92.7 cm³/mol. The van der Waals surface area contributed by atoms with Crippen molar-refractivity contribution in [3.63, 3.8) is 0 Å². The van der Waals surface area contributed by atoms with E-state index in [1.807, 2.05) is 30.1 Å². The molecule has 3 heteroatoms. The minimum Gasteiger partial charge on any atom is -0.341 e. The number of hydrogen-bond acceptors (Lipinski definition) is 1. The van der Waals surface area contributed by atoms with Crippen LogP contribution in [0.4, 0.5) is 0 Å². The van der Waals surface area contributed by atoms with Crippen molar-refractivity contribution >= 4 is 21.8 Å². The van der Waals surface area contributed by atoms with Gasteiger partial charge >= 0.3 is 0 Å². The molecule has 2 aromatic carbocycles. The summed E-state index contributed by atoms with van der Waals surface area (Å²) < 4.78 is 1.06. The van der Waals surface area contributed by atoms with Crippen LogP contribution in [0.1, 0.15) is 35.4 Å². The number of rotatable bonds is 3. The van der Waals surface area contributed by atoms with Crippen molar-refractivity contribution in [3.8, 4) is 0 Å². The number of benzene rings is 2. The quantitative estimate of drug-likeness (QED) is 0.790. The third kappa shape index (κ3) is 3.25. The van der Waals surface area contributed by atoms with Gasteiger partial charge in [-0.2, -0.15) is 0 Å². The summed E-state index contributed by atoms with van der Waals surface area (Å²) in [4.78, 5) is 14.7. The van der Waals surface area contributed by atoms with E-state index in [9.17, 15) is 4.79 Å². The molecule has 2 nitrogen and oxygen atoms in total. The van der Waals surface area contributed by atoms with E-state index in [1.165, 1.54) is 11.1 Å². The molecule has 1 atom stereocenters. The first-order valence-corrected chi connectivity index (χ1v) is 8.51. The zero-order valence-corrected chi connectivity index (χ0v) is 14.3. The average Bonchev–Trinajstić information content (AvgIpc) is 2.55. The van der Waals surface area contributed by atoms with Gasteiger partial charge in [-0.3, -0.25) is 4.79 Å². The van der Waals surface area contributed by atoms with Crippen molar-refractivity contribution in [3.05, 3.63) is 69.7 Å². The van der Waals surface area contributed by atoms with Gasteiger partial charge in [-0.05, 0) is 48.1 Å². The summed E-state index contributed by atoms with van der Waals surface area (Å²) in [5.74, 6) is 0.250. The first kappa shape index (κ1) is 15.3. The van der Waals surface area contributed by atoms with Crippen LogP contribution in [0.25, 0.3) is 0 Å². The third-order valence-electron chi connectivity index (χ3n) is 4.38. The van der Waals surface area contributed by atoms with Gasteiger partial charge in [0.1, 0.15) is 0 Å². The molecule has 3 rings (SSSR count). The molecular weight excluding hydrogens is 338 g/mol. The molecule has 0 aliphatic heterocycles. The smallest absolute Gasteiger partial charge is 0.230 e. The fraction of sp³-hybridized carbons (Fsp3) is 0.316. The van der Waals surface area contributed by atoms with E-state index < -0.39 is 0 Å². The molecule has 0 heterocycles. The number of amides is 1. The number of carbonyl (C=O) groups is 1. The molecule has 0 saturated heterocycles. The highest BCUT2D eigenvalue weighted by Crippen LogP contribution is 2.32. The maximum atomic E-state index is 12.8. The Kier molecular flexibility index (Phi) is 4.63. The van der Waals surface area contributed by atoms with E-state index in [2.05, 4.69) is 46.3 Å². The molecule has 1 aliphatic carbocycles. The highest BCUT2D eigenvalue weighted by Gasteiger charge is 2.28. The summed E-state index contributed by atoms with van der Waals surface area (Å²) >= 11 is 3.44. The lowest BCUT2D eigenvalue weighted by Gasteiger charge is -2.28. The maximum absolute atomic E-state index is 12.8. The Morgan fingerprint density at radius 2 is 1.91 bits per heavy atom. The average molecular weight is 358 g/mol. The van der Waals surface area contributed by atoms with Crippen molar-refractivity contribution < 1.29 is 4.79 Å². The van der Waals surface area contributed by atoms with Gasteiger partial charge in [-0.25, -0.2) is 0 Å². The van der Waals surface area contributed by atoms with Gasteiger partial charge in [-0.15, -0.1) is 0 Å². The van der Waals surface area contributed by atoms with Gasteiger partial charge in [0.2, 0.25) is 5.91 Å². The van der Waals surface area contributed by atoms with E-state index in [-0.39, 0.29) is 11.8 Å². The first-order valence-electron chi connectivity index (χ1n) is 7.72. The van der Waals surface area contributed by atoms with Crippen molar-refractivity contribution in [2.24, 2.45) is 0 Å². The monoisotopic (exact) mass is 357 g/mol. The Morgan fingerprint density at radius 3 is 2.68 bits per heavy atom. The van der Waals surface area contributed by atoms with Crippen LogP contribution in [0.5, 0.6) is 0 Å². The summed E-state index contributed by atoms with van der Waals surface area (Å²) in [6, 6.07) is 16.5. The second kappa shape index (κ2) is 6.66. The van der Waals surface area contributed by atoms with Gasteiger partial charge in [0, 0.05) is 18.1 Å². The Hall–Kier alpha value is -1.61. The second-order valence-corrected chi connectivity index (χ2v) is 6.88. The number of halogens is 1. The molecule has 0 aromatic heterocycles. The molecule has 0 N–H and O–H groups in total. The minimum atomic E-state index is 0.0189. The molecule has 1 unspecified atom stereocenters. The lowest BCUT2D eigenvalue weighted by molar-refractivity contribution is -0.132. The summed E-state index contributed by atoms with van der Waals surface area (Å²) in [7, 11) is 1.90. The van der Waals surface area contributed by atoms with Gasteiger partial charge in [0.05, 0.1) is 5.92 Å². The Balaban J connectivity index is 1.75. The summed E-state index contributed by atoms with van der Waals surface area (Å²) in [5, 5.41) is 0. The molecule has 0 fully saturated rings. The maximum Gasteiger partial charge on any atom is 0.230 e. The largest absolute Gasteiger partial charge is 0.341 e. The standard InChI is InChI=1S/C19H20BrNO/c1-21(13-14-9-11-16(20)12-10-14)19(22)18-8-4-6-15-5-2-3-7-17(15)18/h2-3,5,7,9-12,18H,4,6,8,13H2,1H3. The number of aryl methyl sites for hydroxylation is 1. The fourth-order valence-corrected chi connectivity index (χ4v) is 3.48. The van der Waals surface area contributed by atoms with Crippen LogP contribution >= 0.6 is 15.9 Å². The van der Waals surface area contributed by atoms with E-state index in [1.54, 1.807) is 0 Å². The fourth-order valence-electron chi connectivity index (χ4n) is 3.22. The summed E-state index contributed by atoms with van der Waals surface area (Å²) in [6.07, 6.45) is 3.15. The lowest BCUT2D eigenvalue weighted by atomic mass is 9.82. The predicted octanol–water partition coefficient (Wildman–Crippen LogP) is 4.53. The molecule has 114 valence electrons. The van der Waals surface area contributed by atoms with Gasteiger partial charge in [-0.1, -0.05) is 52.3 Å². The van der Waals surface area contributed by atoms with Gasteiger partial charge in [0.15, 0.2) is 0 Å². The van der Waals surface area contributed by atoms with Crippen molar-refractivity contribution in [2.45, 2.75) is 31.7 Å². The molecule has 0 bridgehead atoms. The van der Waals surface area contributed by atoms with Crippen LogP contribution in [-0.4, -0.2) is 17.9 Å². The van der Waals surface area contributed by atoms with Crippen molar-refractivity contribution in [1.29, 1.82) is 0 Å². The lowest BCUT2D eigenvalue weighted by Crippen LogP contribution is -2.33. The van der Waals surface area contributed by atoms with E-state index in [4.69, 9.17) is 0 Å². The minimum absolute atomic E-state index is 0.0189. The van der Waals surface area contributed by atoms with Crippen LogP contribution in [0.3, 0.4) is 0 Å². The third-order valence-corrected chi connectivity index (χ3v) is 4.91. The summed E-state index contributed by atoms with van der Waals surface area (Å²) in [6.45, 7) is 0.658.